The largest absolute Gasteiger partial charge is 0.496 e. The van der Waals surface area contributed by atoms with Crippen molar-refractivity contribution in [1.29, 1.82) is 0 Å². The van der Waals surface area contributed by atoms with E-state index in [-0.39, 0.29) is 0 Å². The van der Waals surface area contributed by atoms with Crippen molar-refractivity contribution in [3.8, 4) is 5.75 Å². The van der Waals surface area contributed by atoms with Crippen molar-refractivity contribution in [3.05, 3.63) is 29.8 Å². The minimum absolute atomic E-state index is 0.347. The van der Waals surface area contributed by atoms with Gasteiger partial charge in [-0.2, -0.15) is 0 Å². The normalized spacial score (nSPS) is 16.6. The predicted octanol–water partition coefficient (Wildman–Crippen LogP) is 1.29. The molecule has 0 aliphatic carbocycles. The minimum Gasteiger partial charge on any atom is -0.496 e. The smallest absolute Gasteiger partial charge is 0.332 e. The maximum atomic E-state index is 12.1. The highest BCUT2D eigenvalue weighted by Crippen LogP contribution is 2.24. The molecule has 1 fully saturated rings. The van der Waals surface area contributed by atoms with Crippen molar-refractivity contribution in [2.45, 2.75) is 12.8 Å². The summed E-state index contributed by atoms with van der Waals surface area (Å²) in [5, 5.41) is 0. The first-order valence-corrected chi connectivity index (χ1v) is 6.68. The fourth-order valence-corrected chi connectivity index (χ4v) is 2.44. The van der Waals surface area contributed by atoms with Crippen molar-refractivity contribution < 1.29 is 19.1 Å². The first-order valence-electron chi connectivity index (χ1n) is 6.68. The molecule has 112 valence electrons. The Morgan fingerprint density at radius 3 is 2.19 bits per heavy atom. The molecule has 0 saturated carbocycles. The Morgan fingerprint density at radius 2 is 1.62 bits per heavy atom. The number of carbonyl (C=O) groups excluding carboxylic acids is 3. The highest BCUT2D eigenvalue weighted by atomic mass is 16.5. The Hall–Kier alpha value is -2.37. The first-order chi connectivity index (χ1) is 9.97. The average molecular weight is 290 g/mol. The van der Waals surface area contributed by atoms with E-state index in [0.29, 0.717) is 12.8 Å². The molecular weight excluding hydrogens is 272 g/mol. The second kappa shape index (κ2) is 5.95. The zero-order valence-electron chi connectivity index (χ0n) is 12.3. The van der Waals surface area contributed by atoms with Gasteiger partial charge in [-0.3, -0.25) is 19.4 Å². The third-order valence-corrected chi connectivity index (χ3v) is 3.73. The Morgan fingerprint density at radius 1 is 1.05 bits per heavy atom. The number of aryl methyl sites for hydroxylation is 1. The maximum absolute atomic E-state index is 12.1. The molecule has 1 aliphatic heterocycles. The van der Waals surface area contributed by atoms with Gasteiger partial charge in [0, 0.05) is 14.1 Å². The lowest BCUT2D eigenvalue weighted by molar-refractivity contribution is -0.147. The van der Waals surface area contributed by atoms with Crippen molar-refractivity contribution >= 4 is 17.8 Å². The molecule has 1 aromatic carbocycles. The van der Waals surface area contributed by atoms with Crippen LogP contribution in [0.4, 0.5) is 4.79 Å². The van der Waals surface area contributed by atoms with Gasteiger partial charge in [-0.25, -0.2) is 4.79 Å². The molecule has 0 aromatic heterocycles. The lowest BCUT2D eigenvalue weighted by Crippen LogP contribution is -2.56. The van der Waals surface area contributed by atoms with E-state index in [4.69, 9.17) is 4.74 Å². The lowest BCUT2D eigenvalue weighted by atomic mass is 9.95. The highest BCUT2D eigenvalue weighted by molar-refractivity contribution is 6.15. The van der Waals surface area contributed by atoms with E-state index in [2.05, 4.69) is 0 Å². The molecule has 6 heteroatoms. The summed E-state index contributed by atoms with van der Waals surface area (Å²) in [5.41, 5.74) is 0.933. The zero-order chi connectivity index (χ0) is 15.6. The molecule has 21 heavy (non-hydrogen) atoms. The number of amides is 4. The molecule has 0 unspecified atom stereocenters. The van der Waals surface area contributed by atoms with Crippen LogP contribution in [0.25, 0.3) is 0 Å². The number of carbonyl (C=O) groups is 3. The van der Waals surface area contributed by atoms with E-state index in [1.54, 1.807) is 7.11 Å². The van der Waals surface area contributed by atoms with Crippen LogP contribution in [-0.2, 0) is 16.0 Å². The van der Waals surface area contributed by atoms with Gasteiger partial charge in [-0.15, -0.1) is 0 Å². The summed E-state index contributed by atoms with van der Waals surface area (Å²) in [7, 11) is 4.36. The van der Waals surface area contributed by atoms with Gasteiger partial charge in [0.1, 0.15) is 11.7 Å². The summed E-state index contributed by atoms with van der Waals surface area (Å²) in [6.07, 6.45) is 0.877. The molecule has 2 rings (SSSR count). The number of nitrogens with zero attached hydrogens (tertiary/aromatic N) is 2. The topological polar surface area (TPSA) is 66.9 Å². The molecule has 0 atom stereocenters. The molecule has 0 N–H and O–H groups in total. The number of ether oxygens (including phenoxy) is 1. The molecule has 4 amide bonds. The number of hydrogen-bond donors (Lipinski definition) is 0. The summed E-state index contributed by atoms with van der Waals surface area (Å²) in [4.78, 5) is 37.8. The van der Waals surface area contributed by atoms with Gasteiger partial charge in [0.05, 0.1) is 7.11 Å². The number of imide groups is 2. The maximum Gasteiger partial charge on any atom is 0.332 e. The molecule has 1 aromatic rings. The second-order valence-corrected chi connectivity index (χ2v) is 4.98. The summed E-state index contributed by atoms with van der Waals surface area (Å²) in [6.45, 7) is 0. The number of hydrogen-bond acceptors (Lipinski definition) is 4. The summed E-state index contributed by atoms with van der Waals surface area (Å²) < 4.78 is 5.25. The van der Waals surface area contributed by atoms with E-state index >= 15 is 0 Å². The van der Waals surface area contributed by atoms with Gasteiger partial charge in [-0.05, 0) is 24.5 Å². The third-order valence-electron chi connectivity index (χ3n) is 3.73. The SMILES string of the molecule is COc1ccccc1CCC1C(=O)N(C)C(=O)N(C)C1=O. The van der Waals surface area contributed by atoms with E-state index in [1.165, 1.54) is 14.1 Å². The quantitative estimate of drug-likeness (QED) is 0.784. The monoisotopic (exact) mass is 290 g/mol. The van der Waals surface area contributed by atoms with Crippen LogP contribution in [0.15, 0.2) is 24.3 Å². The number of barbiturate groups is 1. The number of urea groups is 1. The number of para-hydroxylation sites is 1. The fraction of sp³-hybridized carbons (Fsp3) is 0.400. The second-order valence-electron chi connectivity index (χ2n) is 4.98. The highest BCUT2D eigenvalue weighted by Gasteiger charge is 2.41. The summed E-state index contributed by atoms with van der Waals surface area (Å²) in [6, 6.07) is 6.89. The average Bonchev–Trinajstić information content (AvgIpc) is 2.51. The predicted molar refractivity (Wildman–Crippen MR) is 75.7 cm³/mol. The fourth-order valence-electron chi connectivity index (χ4n) is 2.44. The van der Waals surface area contributed by atoms with E-state index in [1.807, 2.05) is 24.3 Å². The van der Waals surface area contributed by atoms with Crippen molar-refractivity contribution in [2.75, 3.05) is 21.2 Å². The number of rotatable bonds is 4. The third kappa shape index (κ3) is 2.74. The van der Waals surface area contributed by atoms with Crippen LogP contribution in [0.2, 0.25) is 0 Å². The Balaban J connectivity index is 2.13. The van der Waals surface area contributed by atoms with Gasteiger partial charge >= 0.3 is 6.03 Å². The summed E-state index contributed by atoms with van der Waals surface area (Å²) >= 11 is 0. The van der Waals surface area contributed by atoms with Gasteiger partial charge < -0.3 is 4.74 Å². The van der Waals surface area contributed by atoms with E-state index < -0.39 is 23.8 Å². The Bertz CT molecular complexity index is 561. The van der Waals surface area contributed by atoms with Crippen molar-refractivity contribution in [2.24, 2.45) is 5.92 Å². The van der Waals surface area contributed by atoms with Crippen LogP contribution < -0.4 is 4.74 Å². The first kappa shape index (κ1) is 15.0. The molecular formula is C15H18N2O4. The standard InChI is InChI=1S/C15H18N2O4/c1-16-13(18)11(14(19)17(2)15(16)20)9-8-10-6-4-5-7-12(10)21-3/h4-7,11H,8-9H2,1-3H3. The van der Waals surface area contributed by atoms with Crippen LogP contribution in [0.1, 0.15) is 12.0 Å². The van der Waals surface area contributed by atoms with Gasteiger partial charge in [0.15, 0.2) is 0 Å². The van der Waals surface area contributed by atoms with Gasteiger partial charge in [0.25, 0.3) is 0 Å². The number of benzene rings is 1. The molecule has 1 heterocycles. The van der Waals surface area contributed by atoms with Crippen LogP contribution in [0, 0.1) is 5.92 Å². The molecule has 0 bridgehead atoms. The Kier molecular flexibility index (Phi) is 4.26. The molecule has 1 aliphatic rings. The van der Waals surface area contributed by atoms with Crippen molar-refractivity contribution in [3.63, 3.8) is 0 Å². The van der Waals surface area contributed by atoms with Crippen LogP contribution >= 0.6 is 0 Å². The lowest BCUT2D eigenvalue weighted by Gasteiger charge is -2.32. The molecule has 1 saturated heterocycles. The van der Waals surface area contributed by atoms with E-state index in [0.717, 1.165) is 21.1 Å². The van der Waals surface area contributed by atoms with Gasteiger partial charge in [0.2, 0.25) is 11.8 Å². The van der Waals surface area contributed by atoms with Crippen molar-refractivity contribution in [1.82, 2.24) is 9.80 Å². The molecule has 6 nitrogen and oxygen atoms in total. The zero-order valence-corrected chi connectivity index (χ0v) is 12.3. The minimum atomic E-state index is -0.817. The molecule has 0 spiro atoms. The Labute approximate surface area is 123 Å². The summed E-state index contributed by atoms with van der Waals surface area (Å²) in [5.74, 6) is -0.982. The molecule has 0 radical (unpaired) electrons. The van der Waals surface area contributed by atoms with Crippen LogP contribution in [-0.4, -0.2) is 48.9 Å². The van der Waals surface area contributed by atoms with Crippen LogP contribution in [0.3, 0.4) is 0 Å². The van der Waals surface area contributed by atoms with Gasteiger partial charge in [-0.1, -0.05) is 18.2 Å². The number of methoxy groups -OCH3 is 1. The van der Waals surface area contributed by atoms with E-state index in [9.17, 15) is 14.4 Å². The van der Waals surface area contributed by atoms with Crippen LogP contribution in [0.5, 0.6) is 5.75 Å².